The van der Waals surface area contributed by atoms with Gasteiger partial charge in [0.25, 0.3) is 5.91 Å². The van der Waals surface area contributed by atoms with Crippen molar-refractivity contribution in [3.8, 4) is 21.8 Å². The van der Waals surface area contributed by atoms with Crippen LogP contribution >= 0.6 is 22.9 Å². The quantitative estimate of drug-likeness (QED) is 0.381. The third kappa shape index (κ3) is 4.67. The van der Waals surface area contributed by atoms with E-state index in [2.05, 4.69) is 41.1 Å². The number of aromatic nitrogens is 4. The number of carbonyl (C=O) groups excluding carboxylic acids is 1. The van der Waals surface area contributed by atoms with Crippen molar-refractivity contribution in [3.05, 3.63) is 58.8 Å². The van der Waals surface area contributed by atoms with Crippen LogP contribution in [0.4, 0.5) is 0 Å². The largest absolute Gasteiger partial charge is 0.350 e. The zero-order chi connectivity index (χ0) is 22.7. The normalized spacial score (nSPS) is 12.4. The van der Waals surface area contributed by atoms with Gasteiger partial charge in [-0.2, -0.15) is 5.10 Å². The summed E-state index contributed by atoms with van der Waals surface area (Å²) in [5, 5.41) is 9.66. The molecule has 4 heterocycles. The fourth-order valence-electron chi connectivity index (χ4n) is 3.70. The average Bonchev–Trinajstić information content (AvgIpc) is 3.47. The number of fused-ring (bicyclic) bond motifs is 1. The molecule has 32 heavy (non-hydrogen) atoms. The van der Waals surface area contributed by atoms with Gasteiger partial charge >= 0.3 is 0 Å². The first kappa shape index (κ1) is 22.4. The summed E-state index contributed by atoms with van der Waals surface area (Å²) in [6, 6.07) is 9.51. The number of carbonyl (C=O) groups is 1. The van der Waals surface area contributed by atoms with Crippen molar-refractivity contribution in [1.82, 2.24) is 29.8 Å². The zero-order valence-corrected chi connectivity index (χ0v) is 19.8. The number of halogens is 1. The van der Waals surface area contributed by atoms with Gasteiger partial charge in [0.05, 0.1) is 28.0 Å². The number of amides is 1. The minimum Gasteiger partial charge on any atom is -0.350 e. The van der Waals surface area contributed by atoms with Gasteiger partial charge in [0.15, 0.2) is 5.65 Å². The standard InChI is InChI=1S/C23H25ClN6OS/c1-4-29(5-2)15(3)13-25-23(31)16-11-19(27-21(24)12-16)17-14-26-30-9-8-18(28-22(17)30)20-7-6-10-32-20/h6-12,14-15H,4-5,13H2,1-3H3,(H,25,31)/t15-/m0/s1. The molecule has 4 aromatic rings. The van der Waals surface area contributed by atoms with Gasteiger partial charge < -0.3 is 5.32 Å². The summed E-state index contributed by atoms with van der Waals surface area (Å²) in [6.07, 6.45) is 3.57. The second-order valence-electron chi connectivity index (χ2n) is 7.46. The lowest BCUT2D eigenvalue weighted by molar-refractivity contribution is 0.0938. The summed E-state index contributed by atoms with van der Waals surface area (Å²) >= 11 is 7.91. The molecule has 7 nitrogen and oxygen atoms in total. The van der Waals surface area contributed by atoms with E-state index in [1.165, 1.54) is 0 Å². The first-order valence-corrected chi connectivity index (χ1v) is 11.8. The van der Waals surface area contributed by atoms with E-state index in [1.807, 2.05) is 29.8 Å². The Kier molecular flexibility index (Phi) is 6.83. The van der Waals surface area contributed by atoms with E-state index in [0.29, 0.717) is 23.4 Å². The third-order valence-corrected chi connectivity index (χ3v) is 6.55. The van der Waals surface area contributed by atoms with Crippen LogP contribution in [-0.2, 0) is 0 Å². The van der Waals surface area contributed by atoms with Crippen molar-refractivity contribution in [3.63, 3.8) is 0 Å². The number of hydrogen-bond donors (Lipinski definition) is 1. The van der Waals surface area contributed by atoms with Crippen LogP contribution in [0.1, 0.15) is 31.1 Å². The fraction of sp³-hybridized carbons (Fsp3) is 0.304. The Morgan fingerprint density at radius 1 is 1.22 bits per heavy atom. The Balaban J connectivity index is 1.62. The molecular weight excluding hydrogens is 444 g/mol. The zero-order valence-electron chi connectivity index (χ0n) is 18.2. The first-order valence-electron chi connectivity index (χ1n) is 10.6. The smallest absolute Gasteiger partial charge is 0.251 e. The molecule has 4 aromatic heterocycles. The Morgan fingerprint density at radius 2 is 2.03 bits per heavy atom. The van der Waals surface area contributed by atoms with Crippen LogP contribution in [0.3, 0.4) is 0 Å². The molecule has 0 aliphatic carbocycles. The van der Waals surface area contributed by atoms with Crippen molar-refractivity contribution >= 4 is 34.5 Å². The van der Waals surface area contributed by atoms with Crippen molar-refractivity contribution in [2.75, 3.05) is 19.6 Å². The van der Waals surface area contributed by atoms with E-state index >= 15 is 0 Å². The van der Waals surface area contributed by atoms with Crippen LogP contribution in [0.2, 0.25) is 5.15 Å². The monoisotopic (exact) mass is 468 g/mol. The number of pyridine rings is 1. The number of nitrogens with one attached hydrogen (secondary N) is 1. The van der Waals surface area contributed by atoms with Gasteiger partial charge in [-0.3, -0.25) is 9.69 Å². The van der Waals surface area contributed by atoms with E-state index < -0.39 is 0 Å². The van der Waals surface area contributed by atoms with Gasteiger partial charge in [-0.1, -0.05) is 31.5 Å². The highest BCUT2D eigenvalue weighted by Crippen LogP contribution is 2.28. The molecule has 9 heteroatoms. The predicted octanol–water partition coefficient (Wildman–Crippen LogP) is 4.63. The maximum Gasteiger partial charge on any atom is 0.251 e. The molecule has 0 aliphatic heterocycles. The summed E-state index contributed by atoms with van der Waals surface area (Å²) in [4.78, 5) is 25.4. The highest BCUT2D eigenvalue weighted by atomic mass is 35.5. The van der Waals surface area contributed by atoms with Crippen molar-refractivity contribution in [2.24, 2.45) is 0 Å². The number of hydrogen-bond acceptors (Lipinski definition) is 6. The molecule has 4 rings (SSSR count). The summed E-state index contributed by atoms with van der Waals surface area (Å²) < 4.78 is 1.69. The van der Waals surface area contributed by atoms with Crippen LogP contribution in [0.5, 0.6) is 0 Å². The molecule has 0 aliphatic rings. The molecule has 0 saturated carbocycles. The molecule has 0 saturated heterocycles. The fourth-order valence-corrected chi connectivity index (χ4v) is 4.60. The Hall–Kier alpha value is -2.81. The molecular formula is C23H25ClN6OS. The average molecular weight is 469 g/mol. The number of rotatable bonds is 8. The molecule has 0 unspecified atom stereocenters. The third-order valence-electron chi connectivity index (χ3n) is 5.47. The molecule has 0 aromatic carbocycles. The van der Waals surface area contributed by atoms with Gasteiger partial charge in [-0.25, -0.2) is 14.5 Å². The SMILES string of the molecule is CCN(CC)[C@@H](C)CNC(=O)c1cc(Cl)nc(-c2cnn3ccc(-c4cccs4)nc23)c1. The van der Waals surface area contributed by atoms with Crippen molar-refractivity contribution in [1.29, 1.82) is 0 Å². The van der Waals surface area contributed by atoms with Crippen LogP contribution < -0.4 is 5.32 Å². The maximum absolute atomic E-state index is 12.8. The highest BCUT2D eigenvalue weighted by molar-refractivity contribution is 7.13. The Morgan fingerprint density at radius 3 is 2.75 bits per heavy atom. The van der Waals surface area contributed by atoms with Crippen LogP contribution in [0.25, 0.3) is 27.5 Å². The van der Waals surface area contributed by atoms with E-state index in [1.54, 1.807) is 34.2 Å². The molecule has 1 amide bonds. The van der Waals surface area contributed by atoms with E-state index in [0.717, 1.165) is 29.2 Å². The topological polar surface area (TPSA) is 75.4 Å². The highest BCUT2D eigenvalue weighted by Gasteiger charge is 2.17. The summed E-state index contributed by atoms with van der Waals surface area (Å²) in [5.41, 5.74) is 3.26. The van der Waals surface area contributed by atoms with Gasteiger partial charge in [-0.05, 0) is 49.7 Å². The lowest BCUT2D eigenvalue weighted by Gasteiger charge is -2.26. The van der Waals surface area contributed by atoms with Gasteiger partial charge in [0.1, 0.15) is 5.15 Å². The van der Waals surface area contributed by atoms with Crippen LogP contribution in [0.15, 0.2) is 48.1 Å². The van der Waals surface area contributed by atoms with E-state index in [9.17, 15) is 4.79 Å². The molecule has 1 N–H and O–H groups in total. The summed E-state index contributed by atoms with van der Waals surface area (Å²) in [5.74, 6) is -0.182. The van der Waals surface area contributed by atoms with E-state index in [4.69, 9.17) is 16.6 Å². The summed E-state index contributed by atoms with van der Waals surface area (Å²) in [6.45, 7) is 8.77. The Bertz CT molecular complexity index is 1220. The predicted molar refractivity (Wildman–Crippen MR) is 129 cm³/mol. The number of likely N-dealkylation sites (N-methyl/N-ethyl adjacent to an activating group) is 1. The van der Waals surface area contributed by atoms with Crippen molar-refractivity contribution < 1.29 is 4.79 Å². The lowest BCUT2D eigenvalue weighted by Crippen LogP contribution is -2.42. The lowest BCUT2D eigenvalue weighted by atomic mass is 10.1. The van der Waals surface area contributed by atoms with Crippen molar-refractivity contribution in [2.45, 2.75) is 26.8 Å². The van der Waals surface area contributed by atoms with Gasteiger partial charge in [0.2, 0.25) is 0 Å². The van der Waals surface area contributed by atoms with Gasteiger partial charge in [-0.15, -0.1) is 11.3 Å². The molecule has 166 valence electrons. The molecule has 0 spiro atoms. The van der Waals surface area contributed by atoms with E-state index in [-0.39, 0.29) is 17.1 Å². The summed E-state index contributed by atoms with van der Waals surface area (Å²) in [7, 11) is 0. The Labute approximate surface area is 196 Å². The first-order chi connectivity index (χ1) is 15.5. The second kappa shape index (κ2) is 9.77. The minimum atomic E-state index is -0.182. The minimum absolute atomic E-state index is 0.182. The molecule has 1 atom stereocenters. The maximum atomic E-state index is 12.8. The van der Waals surface area contributed by atoms with Crippen LogP contribution in [-0.4, -0.2) is 56.1 Å². The number of nitrogens with zero attached hydrogens (tertiary/aromatic N) is 5. The van der Waals surface area contributed by atoms with Gasteiger partial charge in [0, 0.05) is 24.3 Å². The molecule has 0 fully saturated rings. The molecule has 0 radical (unpaired) electrons. The van der Waals surface area contributed by atoms with Crippen LogP contribution in [0, 0.1) is 0 Å². The number of thiophene rings is 1. The second-order valence-corrected chi connectivity index (χ2v) is 8.80. The molecule has 0 bridgehead atoms.